The van der Waals surface area contributed by atoms with Crippen LogP contribution in [0, 0.1) is 0 Å². The summed E-state index contributed by atoms with van der Waals surface area (Å²) in [6.07, 6.45) is -0.117. The van der Waals surface area contributed by atoms with Gasteiger partial charge >= 0.3 is 6.09 Å². The number of amides is 3. The fourth-order valence-electron chi connectivity index (χ4n) is 3.93. The van der Waals surface area contributed by atoms with Crippen molar-refractivity contribution in [1.29, 1.82) is 0 Å². The first kappa shape index (κ1) is 30.5. The molecule has 2 rings (SSSR count). The molecule has 4 N–H and O–H groups in total. The third-order valence-electron chi connectivity index (χ3n) is 5.36. The van der Waals surface area contributed by atoms with E-state index >= 15 is 0 Å². The topological polar surface area (TPSA) is 128 Å². The smallest absolute Gasteiger partial charge is 0.408 e. The molecule has 9 nitrogen and oxygen atoms in total. The number of benzene rings is 2. The monoisotopic (exact) mass is 527 g/mol. The van der Waals surface area contributed by atoms with E-state index in [9.17, 15) is 24.6 Å². The zero-order chi connectivity index (χ0) is 28.7. The standard InChI is InChI=1S/C29H41N3O6/c1-8-16-32(24(25(35)31-28(2,3)4)20-10-9-11-22(34)18-20)26(36)23(30-27(37)38-29(5,6)7)17-19-12-14-21(33)15-13-19/h9-15,18,23-24,33-34H,8,16-17H2,1-7H3,(H,30,37)(H,31,35). The molecule has 0 saturated heterocycles. The van der Waals surface area contributed by atoms with Gasteiger partial charge in [0.2, 0.25) is 11.8 Å². The Balaban J connectivity index is 2.54. The summed E-state index contributed by atoms with van der Waals surface area (Å²) < 4.78 is 5.42. The van der Waals surface area contributed by atoms with Gasteiger partial charge in [-0.05, 0) is 83.4 Å². The predicted octanol–water partition coefficient (Wildman–Crippen LogP) is 4.43. The number of hydrogen-bond donors (Lipinski definition) is 4. The number of rotatable bonds is 9. The van der Waals surface area contributed by atoms with Crippen molar-refractivity contribution in [2.24, 2.45) is 0 Å². The van der Waals surface area contributed by atoms with E-state index in [0.717, 1.165) is 0 Å². The summed E-state index contributed by atoms with van der Waals surface area (Å²) in [5.41, 5.74) is -0.223. The minimum atomic E-state index is -1.07. The number of ether oxygens (including phenoxy) is 1. The molecule has 0 bridgehead atoms. The van der Waals surface area contributed by atoms with Crippen LogP contribution in [0.1, 0.15) is 72.1 Å². The minimum Gasteiger partial charge on any atom is -0.508 e. The number of carbonyl (C=O) groups is 3. The third-order valence-corrected chi connectivity index (χ3v) is 5.36. The van der Waals surface area contributed by atoms with Crippen molar-refractivity contribution < 1.29 is 29.3 Å². The molecular formula is C29H41N3O6. The molecule has 0 saturated carbocycles. The van der Waals surface area contributed by atoms with Gasteiger partial charge < -0.3 is 30.5 Å². The molecule has 208 valence electrons. The largest absolute Gasteiger partial charge is 0.508 e. The van der Waals surface area contributed by atoms with Crippen LogP contribution in [0.3, 0.4) is 0 Å². The fourth-order valence-corrected chi connectivity index (χ4v) is 3.93. The van der Waals surface area contributed by atoms with E-state index < -0.39 is 41.1 Å². The number of carbonyl (C=O) groups excluding carboxylic acids is 3. The summed E-state index contributed by atoms with van der Waals surface area (Å²) in [4.78, 5) is 41.9. The quantitative estimate of drug-likeness (QED) is 0.382. The number of aromatic hydroxyl groups is 2. The van der Waals surface area contributed by atoms with E-state index in [4.69, 9.17) is 4.74 Å². The predicted molar refractivity (Wildman–Crippen MR) is 146 cm³/mol. The molecule has 38 heavy (non-hydrogen) atoms. The number of nitrogens with zero attached hydrogens (tertiary/aromatic N) is 1. The molecule has 0 aromatic heterocycles. The van der Waals surface area contributed by atoms with Crippen molar-refractivity contribution in [3.63, 3.8) is 0 Å². The van der Waals surface area contributed by atoms with E-state index in [-0.39, 0.29) is 24.5 Å². The number of phenolic OH excluding ortho intramolecular Hbond substituents is 2. The highest BCUT2D eigenvalue weighted by molar-refractivity contribution is 5.92. The molecule has 0 aliphatic carbocycles. The highest BCUT2D eigenvalue weighted by atomic mass is 16.6. The van der Waals surface area contributed by atoms with Gasteiger partial charge in [0.1, 0.15) is 29.2 Å². The van der Waals surface area contributed by atoms with Gasteiger partial charge in [-0.1, -0.05) is 31.2 Å². The number of phenols is 2. The summed E-state index contributed by atoms with van der Waals surface area (Å²) >= 11 is 0. The maximum Gasteiger partial charge on any atom is 0.408 e. The van der Waals surface area contributed by atoms with Gasteiger partial charge in [0, 0.05) is 18.5 Å². The summed E-state index contributed by atoms with van der Waals surface area (Å²) in [5.74, 6) is -0.853. The molecule has 0 aliphatic heterocycles. The Morgan fingerprint density at radius 2 is 1.58 bits per heavy atom. The summed E-state index contributed by atoms with van der Waals surface area (Å²) in [6, 6.07) is 10.4. The van der Waals surface area contributed by atoms with Gasteiger partial charge in [0.05, 0.1) is 0 Å². The van der Waals surface area contributed by atoms with Crippen LogP contribution in [0.2, 0.25) is 0 Å². The van der Waals surface area contributed by atoms with E-state index in [1.807, 2.05) is 27.7 Å². The van der Waals surface area contributed by atoms with Crippen molar-refractivity contribution in [2.45, 2.75) is 84.5 Å². The average molecular weight is 528 g/mol. The van der Waals surface area contributed by atoms with Crippen LogP contribution in [0.15, 0.2) is 48.5 Å². The molecule has 9 heteroatoms. The first-order valence-electron chi connectivity index (χ1n) is 12.8. The number of hydrogen-bond acceptors (Lipinski definition) is 6. The van der Waals surface area contributed by atoms with Gasteiger partial charge in [-0.15, -0.1) is 0 Å². The lowest BCUT2D eigenvalue weighted by atomic mass is 9.98. The molecule has 0 aliphatic rings. The second kappa shape index (κ2) is 12.7. The van der Waals surface area contributed by atoms with E-state index in [2.05, 4.69) is 10.6 Å². The van der Waals surface area contributed by atoms with E-state index in [1.54, 1.807) is 45.0 Å². The Hall–Kier alpha value is -3.75. The minimum absolute atomic E-state index is 0.0347. The van der Waals surface area contributed by atoms with Crippen LogP contribution in [-0.4, -0.2) is 56.7 Å². The van der Waals surface area contributed by atoms with Gasteiger partial charge in [0.25, 0.3) is 0 Å². The molecule has 2 aromatic carbocycles. The Labute approximate surface area is 225 Å². The second-order valence-electron chi connectivity index (χ2n) is 11.3. The van der Waals surface area contributed by atoms with E-state index in [0.29, 0.717) is 17.5 Å². The first-order valence-corrected chi connectivity index (χ1v) is 12.8. The van der Waals surface area contributed by atoms with Crippen molar-refractivity contribution in [3.05, 3.63) is 59.7 Å². The molecule has 2 atom stereocenters. The van der Waals surface area contributed by atoms with Gasteiger partial charge in [-0.3, -0.25) is 9.59 Å². The van der Waals surface area contributed by atoms with Gasteiger partial charge in [-0.2, -0.15) is 0 Å². The molecule has 2 aromatic rings. The third kappa shape index (κ3) is 9.61. The summed E-state index contributed by atoms with van der Waals surface area (Å²) in [5, 5.41) is 25.5. The Morgan fingerprint density at radius 1 is 0.947 bits per heavy atom. The van der Waals surface area contributed by atoms with Gasteiger partial charge in [0.15, 0.2) is 0 Å². The number of nitrogens with one attached hydrogen (secondary N) is 2. The van der Waals surface area contributed by atoms with Crippen LogP contribution in [0.25, 0.3) is 0 Å². The van der Waals surface area contributed by atoms with Crippen LogP contribution in [0.5, 0.6) is 11.5 Å². The Kier molecular flexibility index (Phi) is 10.2. The number of alkyl carbamates (subject to hydrolysis) is 1. The maximum absolute atomic E-state index is 14.1. The zero-order valence-corrected chi connectivity index (χ0v) is 23.4. The van der Waals surface area contributed by atoms with Crippen LogP contribution in [0.4, 0.5) is 4.79 Å². The molecule has 0 heterocycles. The van der Waals surface area contributed by atoms with Crippen LogP contribution >= 0.6 is 0 Å². The Morgan fingerprint density at radius 3 is 2.11 bits per heavy atom. The van der Waals surface area contributed by atoms with Crippen molar-refractivity contribution in [1.82, 2.24) is 15.5 Å². The Bertz CT molecular complexity index is 1100. The molecule has 0 spiro atoms. The molecule has 2 unspecified atom stereocenters. The van der Waals surface area contributed by atoms with Crippen molar-refractivity contribution >= 4 is 17.9 Å². The molecule has 0 radical (unpaired) electrons. The SMILES string of the molecule is CCCN(C(=O)C(Cc1ccc(O)cc1)NC(=O)OC(C)(C)C)C(C(=O)NC(C)(C)C)c1cccc(O)c1. The molecule has 3 amide bonds. The summed E-state index contributed by atoms with van der Waals surface area (Å²) in [6.45, 7) is 12.8. The van der Waals surface area contributed by atoms with Gasteiger partial charge in [-0.25, -0.2) is 4.79 Å². The summed E-state index contributed by atoms with van der Waals surface area (Å²) in [7, 11) is 0. The average Bonchev–Trinajstić information content (AvgIpc) is 2.77. The van der Waals surface area contributed by atoms with Crippen LogP contribution < -0.4 is 10.6 Å². The van der Waals surface area contributed by atoms with Crippen molar-refractivity contribution in [2.75, 3.05) is 6.54 Å². The normalized spacial score (nSPS) is 13.2. The maximum atomic E-state index is 14.1. The lowest BCUT2D eigenvalue weighted by Crippen LogP contribution is -2.55. The molecule has 0 fully saturated rings. The highest BCUT2D eigenvalue weighted by Crippen LogP contribution is 2.27. The lowest BCUT2D eigenvalue weighted by Gasteiger charge is -2.36. The van der Waals surface area contributed by atoms with Crippen LogP contribution in [-0.2, 0) is 20.7 Å². The van der Waals surface area contributed by atoms with Crippen molar-refractivity contribution in [3.8, 4) is 11.5 Å². The first-order chi connectivity index (χ1) is 17.6. The second-order valence-corrected chi connectivity index (χ2v) is 11.3. The van der Waals surface area contributed by atoms with E-state index in [1.165, 1.54) is 29.2 Å². The molecular weight excluding hydrogens is 486 g/mol. The lowest BCUT2D eigenvalue weighted by molar-refractivity contribution is -0.143. The highest BCUT2D eigenvalue weighted by Gasteiger charge is 2.37. The zero-order valence-electron chi connectivity index (χ0n) is 23.4. The fraction of sp³-hybridized carbons (Fsp3) is 0.483.